The highest BCUT2D eigenvalue weighted by Gasteiger charge is 2.41. The van der Waals surface area contributed by atoms with Crippen molar-refractivity contribution in [3.05, 3.63) is 81.9 Å². The van der Waals surface area contributed by atoms with Crippen LogP contribution >= 0.6 is 12.6 Å². The average molecular weight is 571 g/mol. The van der Waals surface area contributed by atoms with E-state index >= 15 is 0 Å². The van der Waals surface area contributed by atoms with E-state index in [0.29, 0.717) is 5.56 Å². The van der Waals surface area contributed by atoms with Crippen molar-refractivity contribution in [1.82, 2.24) is 4.90 Å². The van der Waals surface area contributed by atoms with Crippen LogP contribution in [0.4, 0.5) is 16.2 Å². The number of carbonyl (C=O) groups is 5. The third kappa shape index (κ3) is 7.66. The fourth-order valence-corrected chi connectivity index (χ4v) is 4.38. The van der Waals surface area contributed by atoms with Crippen molar-refractivity contribution >= 4 is 53.0 Å². The summed E-state index contributed by atoms with van der Waals surface area (Å²) in [4.78, 5) is 73.7. The Kier molecular flexibility index (Phi) is 9.97. The summed E-state index contributed by atoms with van der Waals surface area (Å²) in [5.41, 5.74) is 5.59. The maximum atomic E-state index is 13.4. The van der Waals surface area contributed by atoms with Crippen LogP contribution in [0.5, 0.6) is 0 Å². The molecule has 0 bridgehead atoms. The van der Waals surface area contributed by atoms with Gasteiger partial charge in [-0.2, -0.15) is 0 Å². The Balaban J connectivity index is 1.81. The summed E-state index contributed by atoms with van der Waals surface area (Å²) >= 11 is 3.80. The smallest absolute Gasteiger partial charge is 0.410 e. The molecule has 13 nitrogen and oxygen atoms in total. The molecule has 0 spiro atoms. The summed E-state index contributed by atoms with van der Waals surface area (Å²) in [5, 5.41) is 13.0. The van der Waals surface area contributed by atoms with Gasteiger partial charge >= 0.3 is 12.1 Å². The number of anilines is 1. The minimum Gasteiger partial charge on any atom is -0.458 e. The number of amides is 3. The molecule has 1 heterocycles. The largest absolute Gasteiger partial charge is 0.458 e. The summed E-state index contributed by atoms with van der Waals surface area (Å²) in [6.07, 6.45) is 0.588. The van der Waals surface area contributed by atoms with Crippen LogP contribution in [-0.2, 0) is 25.7 Å². The van der Waals surface area contributed by atoms with Crippen molar-refractivity contribution in [3.8, 4) is 0 Å². The average Bonchev–Trinajstić information content (AvgIpc) is 3.33. The fraction of sp³-hybridized carbons (Fsp3) is 0.269. The Morgan fingerprint density at radius 3 is 2.45 bits per heavy atom. The van der Waals surface area contributed by atoms with Crippen LogP contribution in [0.1, 0.15) is 39.1 Å². The van der Waals surface area contributed by atoms with Crippen LogP contribution in [-0.4, -0.2) is 58.0 Å². The quantitative estimate of drug-likeness (QED) is 0.120. The summed E-state index contributed by atoms with van der Waals surface area (Å²) < 4.78 is 10.4. The van der Waals surface area contributed by atoms with Crippen molar-refractivity contribution in [3.63, 3.8) is 0 Å². The lowest BCUT2D eigenvalue weighted by Gasteiger charge is -2.24. The molecular weight excluding hydrogens is 544 g/mol. The lowest BCUT2D eigenvalue weighted by molar-refractivity contribution is -0.384. The molecule has 1 saturated heterocycles. The van der Waals surface area contributed by atoms with Crippen molar-refractivity contribution in [2.75, 3.05) is 18.5 Å². The van der Waals surface area contributed by atoms with Crippen LogP contribution in [0.25, 0.3) is 0 Å². The summed E-state index contributed by atoms with van der Waals surface area (Å²) in [6, 6.07) is 8.08. The molecule has 0 radical (unpaired) electrons. The van der Waals surface area contributed by atoms with Crippen LogP contribution in [0, 0.1) is 16.0 Å². The van der Waals surface area contributed by atoms with Crippen molar-refractivity contribution in [2.24, 2.45) is 11.7 Å². The van der Waals surface area contributed by atoms with E-state index in [0.717, 1.165) is 4.90 Å². The van der Waals surface area contributed by atoms with E-state index in [1.54, 1.807) is 0 Å². The Morgan fingerprint density at radius 2 is 1.85 bits per heavy atom. The van der Waals surface area contributed by atoms with Gasteiger partial charge in [0.05, 0.1) is 16.2 Å². The highest BCUT2D eigenvalue weighted by molar-refractivity contribution is 7.96. The number of esters is 1. The highest BCUT2D eigenvalue weighted by Crippen LogP contribution is 2.29. The Bertz CT molecular complexity index is 1350. The number of primary amides is 1. The van der Waals surface area contributed by atoms with Gasteiger partial charge in [0.2, 0.25) is 11.8 Å². The summed E-state index contributed by atoms with van der Waals surface area (Å²) in [7, 11) is 0. The first kappa shape index (κ1) is 29.8. The van der Waals surface area contributed by atoms with E-state index in [2.05, 4.69) is 24.5 Å². The molecule has 0 aromatic heterocycles. The molecule has 0 unspecified atom stereocenters. The number of nitro benzene ring substituents is 1. The van der Waals surface area contributed by atoms with Gasteiger partial charge < -0.3 is 20.5 Å². The number of non-ortho nitro benzene ring substituents is 1. The number of carbonyl (C=O) groups excluding carboxylic acids is 5. The standard InChI is InChI=1S/C26H26N4O9S/c1-2-9-38-25(34)19-8-5-17(23(27)32)12-20(19)28-24(33)21-10-16(11-22(31)40)13-29(21)26(35)39-14-15-3-6-18(7-4-15)30(36)37/h2-8,12,16,21H,1,9-11,13-14H2,(H2,27,32)(H,28,33)(H,31,40)/t16-,21-/m0/s1. The number of hydrogen-bond donors (Lipinski definition) is 3. The van der Waals surface area contributed by atoms with Crippen molar-refractivity contribution in [2.45, 2.75) is 25.5 Å². The van der Waals surface area contributed by atoms with E-state index in [-0.39, 0.29) is 55.1 Å². The van der Waals surface area contributed by atoms with Crippen LogP contribution in [0.15, 0.2) is 55.1 Å². The molecule has 0 aliphatic carbocycles. The van der Waals surface area contributed by atoms with Gasteiger partial charge in [-0.05, 0) is 48.2 Å². The van der Waals surface area contributed by atoms with E-state index < -0.39 is 45.9 Å². The Hall–Kier alpha value is -4.72. The SMILES string of the molecule is C=CCOC(=O)c1ccc(C(N)=O)cc1NC(=O)[C@@H]1C[C@@H](CC(=O)S)CN1C(=O)OCc1ccc([N+](=O)[O-])cc1. The van der Waals surface area contributed by atoms with E-state index in [4.69, 9.17) is 15.2 Å². The number of likely N-dealkylation sites (tertiary alicyclic amines) is 1. The van der Waals surface area contributed by atoms with E-state index in [1.165, 1.54) is 48.5 Å². The first-order valence-electron chi connectivity index (χ1n) is 11.9. The molecular formula is C26H26N4O9S. The van der Waals surface area contributed by atoms with Gasteiger partial charge in [0.1, 0.15) is 19.3 Å². The van der Waals surface area contributed by atoms with Gasteiger partial charge in [-0.3, -0.25) is 29.4 Å². The minimum absolute atomic E-state index is 0.00465. The third-order valence-corrected chi connectivity index (χ3v) is 6.19. The lowest BCUT2D eigenvalue weighted by Crippen LogP contribution is -2.43. The minimum atomic E-state index is -1.10. The summed E-state index contributed by atoms with van der Waals surface area (Å²) in [5.74, 6) is -2.70. The summed E-state index contributed by atoms with van der Waals surface area (Å²) in [6.45, 7) is 3.16. The maximum absolute atomic E-state index is 13.4. The van der Waals surface area contributed by atoms with Crippen LogP contribution < -0.4 is 11.1 Å². The fourth-order valence-electron chi connectivity index (χ4n) is 4.12. The second-order valence-electron chi connectivity index (χ2n) is 8.85. The molecule has 40 heavy (non-hydrogen) atoms. The normalized spacial score (nSPS) is 16.1. The van der Waals surface area contributed by atoms with Crippen molar-refractivity contribution in [1.29, 1.82) is 0 Å². The second-order valence-corrected chi connectivity index (χ2v) is 9.35. The topological polar surface area (TPSA) is 188 Å². The maximum Gasteiger partial charge on any atom is 0.410 e. The zero-order chi connectivity index (χ0) is 29.4. The van der Waals surface area contributed by atoms with Crippen molar-refractivity contribution < 1.29 is 38.4 Å². The first-order chi connectivity index (χ1) is 19.0. The van der Waals surface area contributed by atoms with Gasteiger partial charge in [-0.15, -0.1) is 12.6 Å². The van der Waals surface area contributed by atoms with Crippen LogP contribution in [0.3, 0.4) is 0 Å². The molecule has 14 heteroatoms. The van der Waals surface area contributed by atoms with Gasteiger partial charge in [0.15, 0.2) is 5.12 Å². The lowest BCUT2D eigenvalue weighted by atomic mass is 10.0. The van der Waals surface area contributed by atoms with Crippen LogP contribution in [0.2, 0.25) is 0 Å². The highest BCUT2D eigenvalue weighted by atomic mass is 32.1. The number of hydrogen-bond acceptors (Lipinski definition) is 9. The predicted molar refractivity (Wildman–Crippen MR) is 145 cm³/mol. The van der Waals surface area contributed by atoms with Gasteiger partial charge in [0.25, 0.3) is 5.69 Å². The molecule has 0 saturated carbocycles. The number of nitrogens with one attached hydrogen (secondary N) is 1. The molecule has 1 aliphatic heterocycles. The predicted octanol–water partition coefficient (Wildman–Crippen LogP) is 2.85. The number of nitrogens with zero attached hydrogens (tertiary/aromatic N) is 2. The zero-order valence-electron chi connectivity index (χ0n) is 21.1. The Morgan fingerprint density at radius 1 is 1.15 bits per heavy atom. The number of rotatable bonds is 11. The number of thiol groups is 1. The molecule has 2 aromatic carbocycles. The molecule has 3 N–H and O–H groups in total. The number of nitro groups is 1. The zero-order valence-corrected chi connectivity index (χ0v) is 22.0. The van der Waals surface area contributed by atoms with Gasteiger partial charge in [0, 0.05) is 30.7 Å². The molecule has 3 amide bonds. The van der Waals surface area contributed by atoms with E-state index in [9.17, 15) is 34.1 Å². The van der Waals surface area contributed by atoms with Gasteiger partial charge in [-0.25, -0.2) is 9.59 Å². The molecule has 2 atom stereocenters. The molecule has 1 fully saturated rings. The van der Waals surface area contributed by atoms with Gasteiger partial charge in [-0.1, -0.05) is 12.7 Å². The molecule has 1 aliphatic rings. The molecule has 210 valence electrons. The monoisotopic (exact) mass is 570 g/mol. The first-order valence-corrected chi connectivity index (χ1v) is 12.4. The Labute approximate surface area is 233 Å². The number of ether oxygens (including phenoxy) is 2. The molecule has 2 aromatic rings. The molecule has 3 rings (SSSR count). The number of nitrogens with two attached hydrogens (primary N) is 1. The second kappa shape index (κ2) is 13.4. The number of benzene rings is 2. The third-order valence-electron chi connectivity index (χ3n) is 6.01. The van der Waals surface area contributed by atoms with E-state index in [1.807, 2.05) is 0 Å².